The van der Waals surface area contributed by atoms with Gasteiger partial charge in [-0.2, -0.15) is 5.26 Å². The first-order valence-electron chi connectivity index (χ1n) is 9.27. The molecule has 144 valence electrons. The second-order valence-electron chi connectivity index (χ2n) is 6.90. The van der Waals surface area contributed by atoms with E-state index in [0.717, 1.165) is 31.7 Å². The predicted molar refractivity (Wildman–Crippen MR) is 102 cm³/mol. The third-order valence-electron chi connectivity index (χ3n) is 4.99. The second kappa shape index (κ2) is 7.54. The molecule has 2 aromatic rings. The summed E-state index contributed by atoms with van der Waals surface area (Å²) in [6.45, 7) is 4.55. The molecule has 8 nitrogen and oxygen atoms in total. The molecule has 2 fully saturated rings. The molecule has 0 aliphatic carbocycles. The van der Waals surface area contributed by atoms with E-state index in [4.69, 9.17) is 14.7 Å². The Morgan fingerprint density at radius 3 is 2.50 bits per heavy atom. The van der Waals surface area contributed by atoms with Crippen LogP contribution in [0.25, 0.3) is 0 Å². The van der Waals surface area contributed by atoms with Gasteiger partial charge in [0.05, 0.1) is 24.8 Å². The lowest BCUT2D eigenvalue weighted by Crippen LogP contribution is -2.45. The van der Waals surface area contributed by atoms with E-state index < -0.39 is 5.79 Å². The molecule has 0 unspecified atom stereocenters. The Morgan fingerprint density at radius 2 is 1.86 bits per heavy atom. The van der Waals surface area contributed by atoms with Crippen LogP contribution in [0.15, 0.2) is 30.3 Å². The minimum Gasteiger partial charge on any atom is -0.356 e. The summed E-state index contributed by atoms with van der Waals surface area (Å²) in [6, 6.07) is 10.5. The first kappa shape index (κ1) is 18.3. The number of nitriles is 1. The second-order valence-corrected chi connectivity index (χ2v) is 6.90. The number of hydrogen-bond acceptors (Lipinski definition) is 7. The number of carbonyl (C=O) groups excluding carboxylic acids is 1. The number of aromatic nitrogens is 2. The fourth-order valence-corrected chi connectivity index (χ4v) is 3.52. The molecule has 1 aromatic carbocycles. The fraction of sp³-hybridized carbons (Fsp3) is 0.400. The number of piperidine rings is 1. The van der Waals surface area contributed by atoms with Gasteiger partial charge < -0.3 is 19.7 Å². The molecule has 0 saturated carbocycles. The minimum absolute atomic E-state index is 0.306. The molecule has 0 bridgehead atoms. The van der Waals surface area contributed by atoms with Crippen LogP contribution in [-0.4, -0.2) is 48.0 Å². The molecule has 2 aliphatic heterocycles. The highest BCUT2D eigenvalue weighted by Crippen LogP contribution is 2.32. The van der Waals surface area contributed by atoms with Gasteiger partial charge in [-0.05, 0) is 31.2 Å². The number of benzene rings is 1. The van der Waals surface area contributed by atoms with Gasteiger partial charge in [-0.1, -0.05) is 0 Å². The van der Waals surface area contributed by atoms with Crippen molar-refractivity contribution in [2.75, 3.05) is 36.5 Å². The molecule has 2 saturated heterocycles. The summed E-state index contributed by atoms with van der Waals surface area (Å²) in [5.74, 6) is 0.503. The van der Waals surface area contributed by atoms with Crippen molar-refractivity contribution in [3.8, 4) is 6.07 Å². The van der Waals surface area contributed by atoms with Crippen molar-refractivity contribution in [2.45, 2.75) is 25.6 Å². The lowest BCUT2D eigenvalue weighted by molar-refractivity contribution is -0.169. The normalized spacial score (nSPS) is 18.1. The monoisotopic (exact) mass is 379 g/mol. The summed E-state index contributed by atoms with van der Waals surface area (Å²) >= 11 is 0. The fourth-order valence-electron chi connectivity index (χ4n) is 3.52. The quantitative estimate of drug-likeness (QED) is 0.873. The Bertz CT molecular complexity index is 906. The van der Waals surface area contributed by atoms with Crippen LogP contribution in [0.2, 0.25) is 0 Å². The van der Waals surface area contributed by atoms with Gasteiger partial charge in [0, 0.05) is 37.7 Å². The van der Waals surface area contributed by atoms with Gasteiger partial charge in [-0.15, -0.1) is 0 Å². The number of aryl methyl sites for hydroxylation is 1. The Hall–Kier alpha value is -3.02. The van der Waals surface area contributed by atoms with Gasteiger partial charge in [0.1, 0.15) is 17.3 Å². The van der Waals surface area contributed by atoms with Crippen LogP contribution in [0.4, 0.5) is 11.5 Å². The Morgan fingerprint density at radius 1 is 1.18 bits per heavy atom. The van der Waals surface area contributed by atoms with Gasteiger partial charge >= 0.3 is 0 Å². The van der Waals surface area contributed by atoms with Gasteiger partial charge in [-0.3, -0.25) is 4.79 Å². The molecule has 0 radical (unpaired) electrons. The van der Waals surface area contributed by atoms with Crippen molar-refractivity contribution < 1.29 is 14.3 Å². The number of nitrogens with one attached hydrogen (secondary N) is 1. The van der Waals surface area contributed by atoms with Crippen LogP contribution in [0, 0.1) is 18.3 Å². The molecule has 1 aromatic heterocycles. The van der Waals surface area contributed by atoms with Crippen LogP contribution < -0.4 is 10.2 Å². The maximum absolute atomic E-state index is 12.6. The molecule has 0 atom stereocenters. The number of amides is 1. The summed E-state index contributed by atoms with van der Waals surface area (Å²) < 4.78 is 11.5. The zero-order valence-corrected chi connectivity index (χ0v) is 15.6. The third kappa shape index (κ3) is 3.81. The van der Waals surface area contributed by atoms with E-state index in [-0.39, 0.29) is 5.91 Å². The van der Waals surface area contributed by atoms with E-state index >= 15 is 0 Å². The third-order valence-corrected chi connectivity index (χ3v) is 4.99. The van der Waals surface area contributed by atoms with Crippen LogP contribution >= 0.6 is 0 Å². The maximum atomic E-state index is 12.6. The van der Waals surface area contributed by atoms with Gasteiger partial charge in [0.15, 0.2) is 5.79 Å². The van der Waals surface area contributed by atoms with E-state index in [9.17, 15) is 4.79 Å². The highest BCUT2D eigenvalue weighted by molar-refractivity contribution is 6.03. The van der Waals surface area contributed by atoms with Crippen LogP contribution in [0.3, 0.4) is 0 Å². The highest BCUT2D eigenvalue weighted by atomic mass is 16.7. The highest BCUT2D eigenvalue weighted by Gasteiger charge is 2.40. The molecule has 8 heteroatoms. The minimum atomic E-state index is -0.450. The summed E-state index contributed by atoms with van der Waals surface area (Å²) in [6.07, 6.45) is 1.53. The van der Waals surface area contributed by atoms with Gasteiger partial charge in [-0.25, -0.2) is 9.97 Å². The molecule has 28 heavy (non-hydrogen) atoms. The van der Waals surface area contributed by atoms with E-state index in [1.165, 1.54) is 0 Å². The van der Waals surface area contributed by atoms with Crippen molar-refractivity contribution in [3.63, 3.8) is 0 Å². The van der Waals surface area contributed by atoms with E-state index in [2.05, 4.69) is 26.3 Å². The zero-order valence-electron chi connectivity index (χ0n) is 15.6. The average Bonchev–Trinajstić information content (AvgIpc) is 3.16. The average molecular weight is 379 g/mol. The smallest absolute Gasteiger partial charge is 0.274 e. The summed E-state index contributed by atoms with van der Waals surface area (Å²) in [5.41, 5.74) is 1.45. The van der Waals surface area contributed by atoms with E-state index in [1.807, 2.05) is 0 Å². The molecular weight excluding hydrogens is 358 g/mol. The lowest BCUT2D eigenvalue weighted by atomic mass is 10.0. The molecule has 2 aliphatic rings. The molecule has 1 N–H and O–H groups in total. The number of anilines is 2. The molecule has 1 spiro atoms. The Kier molecular flexibility index (Phi) is 4.94. The zero-order chi connectivity index (χ0) is 19.6. The Labute approximate surface area is 163 Å². The van der Waals surface area contributed by atoms with Crippen LogP contribution in [0.1, 0.15) is 34.7 Å². The standard InChI is InChI=1S/C20H21N5O3/c1-14-22-17(19(26)24-16-4-2-15(13-21)3-5-16)12-18(23-14)25-8-6-20(7-9-25)27-10-11-28-20/h2-5,12H,6-11H2,1H3,(H,24,26). The predicted octanol–water partition coefficient (Wildman–Crippen LogP) is 2.25. The van der Waals surface area contributed by atoms with Gasteiger partial charge in [0.25, 0.3) is 5.91 Å². The number of nitrogens with zero attached hydrogens (tertiary/aromatic N) is 4. The lowest BCUT2D eigenvalue weighted by Gasteiger charge is -2.38. The van der Waals surface area contributed by atoms with E-state index in [0.29, 0.717) is 36.0 Å². The molecular formula is C20H21N5O3. The summed E-state index contributed by atoms with van der Waals surface area (Å²) in [7, 11) is 0. The molecule has 1 amide bonds. The van der Waals surface area contributed by atoms with E-state index in [1.54, 1.807) is 37.3 Å². The van der Waals surface area contributed by atoms with Crippen molar-refractivity contribution in [1.82, 2.24) is 9.97 Å². The number of hydrogen-bond donors (Lipinski definition) is 1. The Balaban J connectivity index is 1.47. The first-order chi connectivity index (χ1) is 13.6. The molecule has 4 rings (SSSR count). The van der Waals surface area contributed by atoms with Crippen LogP contribution in [-0.2, 0) is 9.47 Å². The van der Waals surface area contributed by atoms with Crippen molar-refractivity contribution in [1.29, 1.82) is 5.26 Å². The summed E-state index contributed by atoms with van der Waals surface area (Å²) in [4.78, 5) is 23.5. The first-order valence-corrected chi connectivity index (χ1v) is 9.27. The van der Waals surface area contributed by atoms with Crippen LogP contribution in [0.5, 0.6) is 0 Å². The SMILES string of the molecule is Cc1nc(C(=O)Nc2ccc(C#N)cc2)cc(N2CCC3(CC2)OCCO3)n1. The molecule has 3 heterocycles. The summed E-state index contributed by atoms with van der Waals surface area (Å²) in [5, 5.41) is 11.7. The number of ether oxygens (including phenoxy) is 2. The number of rotatable bonds is 3. The largest absolute Gasteiger partial charge is 0.356 e. The van der Waals surface area contributed by atoms with Gasteiger partial charge in [0.2, 0.25) is 0 Å². The van der Waals surface area contributed by atoms with Crippen molar-refractivity contribution in [3.05, 3.63) is 47.4 Å². The van der Waals surface area contributed by atoms with Crippen molar-refractivity contribution in [2.24, 2.45) is 0 Å². The van der Waals surface area contributed by atoms with Crippen molar-refractivity contribution >= 4 is 17.4 Å². The number of carbonyl (C=O) groups is 1. The maximum Gasteiger partial charge on any atom is 0.274 e. The topological polar surface area (TPSA) is 100 Å².